The molecule has 2 aromatic rings. The molecule has 0 saturated heterocycles. The fraction of sp³-hybridized carbons (Fsp3) is 0.125. The van der Waals surface area contributed by atoms with Gasteiger partial charge in [-0.2, -0.15) is 5.26 Å². The van der Waals surface area contributed by atoms with E-state index in [9.17, 15) is 4.39 Å². The zero-order valence-electron chi connectivity index (χ0n) is 12.5. The van der Waals surface area contributed by atoms with Crippen LogP contribution in [0.4, 0.5) is 10.1 Å². The summed E-state index contributed by atoms with van der Waals surface area (Å²) in [6, 6.07) is 11.2. The van der Waals surface area contributed by atoms with E-state index in [0.29, 0.717) is 22.4 Å². The van der Waals surface area contributed by atoms with Crippen LogP contribution in [0.25, 0.3) is 0 Å². The Morgan fingerprint density at radius 1 is 1.22 bits per heavy atom. The molecule has 0 aliphatic heterocycles. The summed E-state index contributed by atoms with van der Waals surface area (Å²) in [5.74, 6) is 0.738. The maximum Gasteiger partial charge on any atom is 0.183 e. The molecule has 0 aliphatic carbocycles. The van der Waals surface area contributed by atoms with Crippen LogP contribution in [0.5, 0.6) is 17.2 Å². The summed E-state index contributed by atoms with van der Waals surface area (Å²) in [7, 11) is 1.57. The molecule has 0 unspecified atom stereocenters. The summed E-state index contributed by atoms with van der Waals surface area (Å²) >= 11 is 1.26. The normalized spacial score (nSPS) is 10.8. The summed E-state index contributed by atoms with van der Waals surface area (Å²) in [6.45, 7) is 0. The number of aliphatic imine (C=N–C) groups is 1. The highest BCUT2D eigenvalue weighted by Gasteiger charge is 2.07. The Morgan fingerprint density at radius 2 is 1.91 bits per heavy atom. The van der Waals surface area contributed by atoms with Crippen LogP contribution in [0.1, 0.15) is 0 Å². The zero-order valence-corrected chi connectivity index (χ0v) is 13.4. The first kappa shape index (κ1) is 16.6. The lowest BCUT2D eigenvalue weighted by Crippen LogP contribution is -2.12. The van der Waals surface area contributed by atoms with Gasteiger partial charge in [0, 0.05) is 6.07 Å². The van der Waals surface area contributed by atoms with E-state index in [-0.39, 0.29) is 5.75 Å². The first-order chi connectivity index (χ1) is 11.2. The van der Waals surface area contributed by atoms with E-state index >= 15 is 0 Å². The molecule has 0 heterocycles. The van der Waals surface area contributed by atoms with E-state index < -0.39 is 5.82 Å². The molecule has 0 radical (unpaired) electrons. The van der Waals surface area contributed by atoms with Crippen molar-refractivity contribution in [1.29, 1.82) is 5.26 Å². The van der Waals surface area contributed by atoms with Crippen LogP contribution in [0, 0.1) is 17.3 Å². The van der Waals surface area contributed by atoms with Crippen molar-refractivity contribution in [2.75, 3.05) is 13.4 Å². The molecular weight excluding hydrogens is 317 g/mol. The van der Waals surface area contributed by atoms with Crippen LogP contribution in [0.2, 0.25) is 0 Å². The first-order valence-electron chi connectivity index (χ1n) is 6.55. The van der Waals surface area contributed by atoms with Gasteiger partial charge in [-0.1, -0.05) is 11.8 Å². The number of thioether (sulfide) groups is 1. The lowest BCUT2D eigenvalue weighted by molar-refractivity contribution is 0.411. The molecule has 0 aromatic heterocycles. The Kier molecular flexibility index (Phi) is 5.83. The number of hydrogen-bond donors (Lipinski definition) is 1. The van der Waals surface area contributed by atoms with E-state index in [1.807, 2.05) is 0 Å². The predicted molar refractivity (Wildman–Crippen MR) is 88.8 cm³/mol. The molecule has 23 heavy (non-hydrogen) atoms. The van der Waals surface area contributed by atoms with Crippen LogP contribution in [-0.2, 0) is 0 Å². The largest absolute Gasteiger partial charge is 0.497 e. The summed E-state index contributed by atoms with van der Waals surface area (Å²) in [5.41, 5.74) is 0.386. The van der Waals surface area contributed by atoms with Crippen molar-refractivity contribution in [3.63, 3.8) is 0 Å². The maximum atomic E-state index is 14.1. The van der Waals surface area contributed by atoms with Gasteiger partial charge in [0.25, 0.3) is 0 Å². The van der Waals surface area contributed by atoms with Gasteiger partial charge in [-0.15, -0.1) is 0 Å². The monoisotopic (exact) mass is 331 g/mol. The second-order valence-electron chi connectivity index (χ2n) is 4.25. The standard InChI is InChI=1S/C16H14FN3O2S/c1-21-12-4-6-13(7-5-12)22-15-8-3-11(9-14(15)17)20-16(23-2)19-10-18/h3-9H,1-2H3,(H,19,20). The van der Waals surface area contributed by atoms with Gasteiger partial charge in [0.05, 0.1) is 12.8 Å². The highest BCUT2D eigenvalue weighted by atomic mass is 32.2. The van der Waals surface area contributed by atoms with E-state index in [2.05, 4.69) is 10.3 Å². The minimum Gasteiger partial charge on any atom is -0.497 e. The van der Waals surface area contributed by atoms with E-state index in [1.54, 1.807) is 49.9 Å². The number of halogens is 1. The summed E-state index contributed by atoms with van der Waals surface area (Å²) in [5, 5.41) is 11.4. The summed E-state index contributed by atoms with van der Waals surface area (Å²) in [6.07, 6.45) is 3.54. The third-order valence-electron chi connectivity index (χ3n) is 2.79. The van der Waals surface area contributed by atoms with Crippen LogP contribution in [-0.4, -0.2) is 18.5 Å². The Labute approximate surface area is 137 Å². The SMILES string of the molecule is COc1ccc(Oc2ccc(N=C(NC#N)SC)cc2F)cc1. The van der Waals surface area contributed by atoms with E-state index in [4.69, 9.17) is 14.7 Å². The number of nitrogens with zero attached hydrogens (tertiary/aromatic N) is 2. The highest BCUT2D eigenvalue weighted by Crippen LogP contribution is 2.29. The van der Waals surface area contributed by atoms with Crippen LogP contribution >= 0.6 is 11.8 Å². The summed E-state index contributed by atoms with van der Waals surface area (Å²) in [4.78, 5) is 4.13. The highest BCUT2D eigenvalue weighted by molar-refractivity contribution is 8.13. The number of methoxy groups -OCH3 is 1. The minimum atomic E-state index is -0.542. The molecule has 0 saturated carbocycles. The number of amidine groups is 1. The Bertz CT molecular complexity index is 742. The molecule has 1 N–H and O–H groups in total. The molecule has 118 valence electrons. The van der Waals surface area contributed by atoms with Gasteiger partial charge in [-0.05, 0) is 42.7 Å². The molecule has 0 fully saturated rings. The van der Waals surface area contributed by atoms with Crippen molar-refractivity contribution in [3.05, 3.63) is 48.3 Å². The second kappa shape index (κ2) is 8.06. The Morgan fingerprint density at radius 3 is 2.48 bits per heavy atom. The molecular formula is C16H14FN3O2S. The maximum absolute atomic E-state index is 14.1. The van der Waals surface area contributed by atoms with Gasteiger partial charge in [0.15, 0.2) is 22.9 Å². The number of nitrogens with one attached hydrogen (secondary N) is 1. The van der Waals surface area contributed by atoms with Gasteiger partial charge in [0.2, 0.25) is 0 Å². The third kappa shape index (κ3) is 4.63. The Hall–Kier alpha value is -2.72. The van der Waals surface area contributed by atoms with Crippen molar-refractivity contribution >= 4 is 22.6 Å². The van der Waals surface area contributed by atoms with Crippen molar-refractivity contribution in [1.82, 2.24) is 5.32 Å². The lowest BCUT2D eigenvalue weighted by Gasteiger charge is -2.08. The molecule has 7 heteroatoms. The Balaban J connectivity index is 2.17. The van der Waals surface area contributed by atoms with Crippen molar-refractivity contribution < 1.29 is 13.9 Å². The smallest absolute Gasteiger partial charge is 0.183 e. The third-order valence-corrected chi connectivity index (χ3v) is 3.37. The number of hydrogen-bond acceptors (Lipinski definition) is 5. The van der Waals surface area contributed by atoms with Gasteiger partial charge in [0.1, 0.15) is 11.5 Å². The number of nitriles is 1. The van der Waals surface area contributed by atoms with E-state index in [0.717, 1.165) is 0 Å². The molecule has 0 aliphatic rings. The molecule has 0 atom stereocenters. The van der Waals surface area contributed by atoms with Crippen LogP contribution < -0.4 is 14.8 Å². The quantitative estimate of drug-likeness (QED) is 0.396. The minimum absolute atomic E-state index is 0.0908. The molecule has 2 aromatic carbocycles. The topological polar surface area (TPSA) is 66.6 Å². The molecule has 0 bridgehead atoms. The van der Waals surface area contributed by atoms with Gasteiger partial charge >= 0.3 is 0 Å². The molecule has 0 spiro atoms. The molecule has 5 nitrogen and oxygen atoms in total. The van der Waals surface area contributed by atoms with Crippen molar-refractivity contribution in [2.45, 2.75) is 0 Å². The molecule has 2 rings (SSSR count). The lowest BCUT2D eigenvalue weighted by atomic mass is 10.3. The fourth-order valence-corrected chi connectivity index (χ4v) is 2.05. The summed E-state index contributed by atoms with van der Waals surface area (Å²) < 4.78 is 24.7. The average Bonchev–Trinajstić information content (AvgIpc) is 2.57. The van der Waals surface area contributed by atoms with Crippen molar-refractivity contribution in [3.8, 4) is 23.4 Å². The van der Waals surface area contributed by atoms with Gasteiger partial charge < -0.3 is 9.47 Å². The van der Waals surface area contributed by atoms with Crippen LogP contribution in [0.15, 0.2) is 47.5 Å². The average molecular weight is 331 g/mol. The second-order valence-corrected chi connectivity index (χ2v) is 5.05. The zero-order chi connectivity index (χ0) is 16.7. The van der Waals surface area contributed by atoms with Gasteiger partial charge in [-0.25, -0.2) is 9.38 Å². The van der Waals surface area contributed by atoms with Crippen molar-refractivity contribution in [2.24, 2.45) is 4.99 Å². The number of benzene rings is 2. The van der Waals surface area contributed by atoms with Crippen LogP contribution in [0.3, 0.4) is 0 Å². The van der Waals surface area contributed by atoms with E-state index in [1.165, 1.54) is 23.9 Å². The van der Waals surface area contributed by atoms with Gasteiger partial charge in [-0.3, -0.25) is 5.32 Å². The predicted octanol–water partition coefficient (Wildman–Crippen LogP) is 4.05. The molecule has 0 amide bonds. The fourth-order valence-electron chi connectivity index (χ4n) is 1.70. The number of rotatable bonds is 4. The first-order valence-corrected chi connectivity index (χ1v) is 7.78. The number of ether oxygens (including phenoxy) is 2.